The molecule has 0 bridgehead atoms. The second-order valence-electron chi connectivity index (χ2n) is 7.42. The molecule has 0 unspecified atom stereocenters. The number of carbonyl (C=O) groups is 1. The standard InChI is InChI=1S/C25H23N3O2S/c1-17(2)18-8-10-22(11-9-18)30-15-24(29)27-21-7-3-5-19(13-21)23-16-31-25(28-23)20-6-4-12-26-14-20/h3-14,16-17H,15H2,1-2H3,(H,27,29). The Bertz CT molecular complexity index is 1150. The lowest BCUT2D eigenvalue weighted by molar-refractivity contribution is -0.118. The Balaban J connectivity index is 1.38. The predicted molar refractivity (Wildman–Crippen MR) is 125 cm³/mol. The predicted octanol–water partition coefficient (Wildman–Crippen LogP) is 6.01. The Morgan fingerprint density at radius 3 is 2.61 bits per heavy atom. The molecule has 0 atom stereocenters. The number of ether oxygens (including phenoxy) is 1. The normalized spacial score (nSPS) is 10.8. The van der Waals surface area contributed by atoms with Crippen molar-refractivity contribution in [2.45, 2.75) is 19.8 Å². The van der Waals surface area contributed by atoms with Crippen molar-refractivity contribution in [3.8, 4) is 27.6 Å². The topological polar surface area (TPSA) is 64.1 Å². The van der Waals surface area contributed by atoms with Crippen LogP contribution in [0.2, 0.25) is 0 Å². The average molecular weight is 430 g/mol. The summed E-state index contributed by atoms with van der Waals surface area (Å²) in [7, 11) is 0. The summed E-state index contributed by atoms with van der Waals surface area (Å²) in [6.45, 7) is 4.23. The van der Waals surface area contributed by atoms with Gasteiger partial charge < -0.3 is 10.1 Å². The fraction of sp³-hybridized carbons (Fsp3) is 0.160. The number of carbonyl (C=O) groups excluding carboxylic acids is 1. The van der Waals surface area contributed by atoms with Gasteiger partial charge in [-0.3, -0.25) is 9.78 Å². The minimum Gasteiger partial charge on any atom is -0.484 e. The van der Waals surface area contributed by atoms with Gasteiger partial charge in [-0.15, -0.1) is 11.3 Å². The molecule has 4 rings (SSSR count). The fourth-order valence-electron chi connectivity index (χ4n) is 3.08. The van der Waals surface area contributed by atoms with Crippen LogP contribution >= 0.6 is 11.3 Å². The van der Waals surface area contributed by atoms with E-state index in [1.165, 1.54) is 5.56 Å². The van der Waals surface area contributed by atoms with Crippen LogP contribution in [0.1, 0.15) is 25.3 Å². The van der Waals surface area contributed by atoms with Crippen molar-refractivity contribution in [2.75, 3.05) is 11.9 Å². The molecule has 0 spiro atoms. The third kappa shape index (κ3) is 5.35. The molecule has 1 N–H and O–H groups in total. The van der Waals surface area contributed by atoms with E-state index in [9.17, 15) is 4.79 Å². The largest absolute Gasteiger partial charge is 0.484 e. The van der Waals surface area contributed by atoms with Gasteiger partial charge >= 0.3 is 0 Å². The minimum atomic E-state index is -0.209. The lowest BCUT2D eigenvalue weighted by atomic mass is 10.0. The van der Waals surface area contributed by atoms with E-state index < -0.39 is 0 Å². The zero-order chi connectivity index (χ0) is 21.6. The van der Waals surface area contributed by atoms with E-state index in [1.807, 2.05) is 66.0 Å². The number of hydrogen-bond donors (Lipinski definition) is 1. The van der Waals surface area contributed by atoms with E-state index in [1.54, 1.807) is 23.7 Å². The van der Waals surface area contributed by atoms with Crippen molar-refractivity contribution in [1.29, 1.82) is 0 Å². The number of nitrogens with one attached hydrogen (secondary N) is 1. The van der Waals surface area contributed by atoms with Crippen LogP contribution in [-0.2, 0) is 4.79 Å². The highest BCUT2D eigenvalue weighted by Crippen LogP contribution is 2.29. The van der Waals surface area contributed by atoms with Crippen molar-refractivity contribution >= 4 is 22.9 Å². The van der Waals surface area contributed by atoms with Gasteiger partial charge in [0.2, 0.25) is 0 Å². The maximum absolute atomic E-state index is 12.3. The lowest BCUT2D eigenvalue weighted by Gasteiger charge is -2.10. The molecule has 6 heteroatoms. The number of amides is 1. The second kappa shape index (κ2) is 9.53. The van der Waals surface area contributed by atoms with Crippen molar-refractivity contribution in [1.82, 2.24) is 9.97 Å². The molecule has 0 aliphatic carbocycles. The lowest BCUT2D eigenvalue weighted by Crippen LogP contribution is -2.20. The van der Waals surface area contributed by atoms with Crippen LogP contribution in [-0.4, -0.2) is 22.5 Å². The van der Waals surface area contributed by atoms with Crippen molar-refractivity contribution in [3.05, 3.63) is 84.0 Å². The molecular weight excluding hydrogens is 406 g/mol. The van der Waals surface area contributed by atoms with Gasteiger partial charge in [0.25, 0.3) is 5.91 Å². The summed E-state index contributed by atoms with van der Waals surface area (Å²) in [5, 5.41) is 5.81. The van der Waals surface area contributed by atoms with Crippen LogP contribution in [0.5, 0.6) is 5.75 Å². The van der Waals surface area contributed by atoms with Crippen LogP contribution in [0.15, 0.2) is 78.4 Å². The third-order valence-electron chi connectivity index (χ3n) is 4.77. The number of benzene rings is 2. The van der Waals surface area contributed by atoms with Gasteiger partial charge in [0, 0.05) is 34.6 Å². The molecule has 0 saturated carbocycles. The summed E-state index contributed by atoms with van der Waals surface area (Å²) in [6, 6.07) is 19.4. The molecule has 0 aliphatic heterocycles. The Labute approximate surface area is 185 Å². The Kier molecular flexibility index (Phi) is 6.38. The number of hydrogen-bond acceptors (Lipinski definition) is 5. The number of aromatic nitrogens is 2. The van der Waals surface area contributed by atoms with E-state index >= 15 is 0 Å². The molecule has 156 valence electrons. The maximum atomic E-state index is 12.3. The highest BCUT2D eigenvalue weighted by Gasteiger charge is 2.09. The highest BCUT2D eigenvalue weighted by molar-refractivity contribution is 7.13. The van der Waals surface area contributed by atoms with E-state index in [0.717, 1.165) is 21.8 Å². The quantitative estimate of drug-likeness (QED) is 0.391. The van der Waals surface area contributed by atoms with Gasteiger partial charge in [-0.1, -0.05) is 38.1 Å². The summed E-state index contributed by atoms with van der Waals surface area (Å²) in [5.74, 6) is 0.931. The molecule has 0 fully saturated rings. The zero-order valence-electron chi connectivity index (χ0n) is 17.4. The monoisotopic (exact) mass is 429 g/mol. The van der Waals surface area contributed by atoms with Crippen LogP contribution in [0.4, 0.5) is 5.69 Å². The van der Waals surface area contributed by atoms with E-state index in [-0.39, 0.29) is 12.5 Å². The zero-order valence-corrected chi connectivity index (χ0v) is 18.2. The van der Waals surface area contributed by atoms with E-state index in [4.69, 9.17) is 9.72 Å². The van der Waals surface area contributed by atoms with Crippen LogP contribution in [0.25, 0.3) is 21.8 Å². The first-order valence-electron chi connectivity index (χ1n) is 10.1. The summed E-state index contributed by atoms with van der Waals surface area (Å²) >= 11 is 1.57. The summed E-state index contributed by atoms with van der Waals surface area (Å²) in [6.07, 6.45) is 3.55. The molecular formula is C25H23N3O2S. The number of pyridine rings is 1. The Morgan fingerprint density at radius 1 is 1.06 bits per heavy atom. The second-order valence-corrected chi connectivity index (χ2v) is 8.28. The molecule has 0 radical (unpaired) electrons. The number of rotatable bonds is 7. The van der Waals surface area contributed by atoms with Crippen molar-refractivity contribution in [3.63, 3.8) is 0 Å². The van der Waals surface area contributed by atoms with Crippen molar-refractivity contribution in [2.24, 2.45) is 0 Å². The summed E-state index contributed by atoms with van der Waals surface area (Å²) in [4.78, 5) is 21.2. The Morgan fingerprint density at radius 2 is 1.87 bits per heavy atom. The highest BCUT2D eigenvalue weighted by atomic mass is 32.1. The average Bonchev–Trinajstić information content (AvgIpc) is 3.29. The van der Waals surface area contributed by atoms with Gasteiger partial charge in [-0.25, -0.2) is 4.98 Å². The molecule has 5 nitrogen and oxygen atoms in total. The SMILES string of the molecule is CC(C)c1ccc(OCC(=O)Nc2cccc(-c3csc(-c4cccnc4)n3)c2)cc1. The number of thiazole rings is 1. The van der Waals surface area contributed by atoms with Gasteiger partial charge in [0.15, 0.2) is 6.61 Å². The van der Waals surface area contributed by atoms with Gasteiger partial charge in [0.05, 0.1) is 5.69 Å². The molecule has 31 heavy (non-hydrogen) atoms. The maximum Gasteiger partial charge on any atom is 0.262 e. The summed E-state index contributed by atoms with van der Waals surface area (Å²) in [5.41, 5.74) is 4.73. The number of anilines is 1. The molecule has 4 aromatic rings. The van der Waals surface area contributed by atoms with Crippen LogP contribution < -0.4 is 10.1 Å². The van der Waals surface area contributed by atoms with E-state index in [0.29, 0.717) is 17.4 Å². The van der Waals surface area contributed by atoms with Crippen LogP contribution in [0.3, 0.4) is 0 Å². The first kappa shape index (κ1) is 20.8. The first-order valence-corrected chi connectivity index (χ1v) is 11.0. The molecule has 0 saturated heterocycles. The molecule has 2 heterocycles. The van der Waals surface area contributed by atoms with Gasteiger partial charge in [-0.2, -0.15) is 0 Å². The molecule has 0 aliphatic rings. The third-order valence-corrected chi connectivity index (χ3v) is 5.66. The number of nitrogens with zero attached hydrogens (tertiary/aromatic N) is 2. The molecule has 2 aromatic carbocycles. The Hall–Kier alpha value is -3.51. The van der Waals surface area contributed by atoms with Gasteiger partial charge in [0.1, 0.15) is 10.8 Å². The van der Waals surface area contributed by atoms with Gasteiger partial charge in [-0.05, 0) is 47.9 Å². The minimum absolute atomic E-state index is 0.0485. The first-order chi connectivity index (χ1) is 15.1. The fourth-order valence-corrected chi connectivity index (χ4v) is 3.90. The van der Waals surface area contributed by atoms with E-state index in [2.05, 4.69) is 24.1 Å². The molecule has 1 amide bonds. The molecule has 2 aromatic heterocycles. The summed E-state index contributed by atoms with van der Waals surface area (Å²) < 4.78 is 5.61. The van der Waals surface area contributed by atoms with Crippen molar-refractivity contribution < 1.29 is 9.53 Å². The van der Waals surface area contributed by atoms with Crippen LogP contribution in [0, 0.1) is 0 Å². The smallest absolute Gasteiger partial charge is 0.262 e.